The minimum absolute atomic E-state index is 0.0256. The van der Waals surface area contributed by atoms with Gasteiger partial charge in [-0.05, 0) is 32.0 Å². The molecule has 128 valence electrons. The summed E-state index contributed by atoms with van der Waals surface area (Å²) in [5.74, 6) is -0.397. The quantitative estimate of drug-likeness (QED) is 0.686. The van der Waals surface area contributed by atoms with Crippen LogP contribution in [0.3, 0.4) is 0 Å². The number of esters is 1. The Kier molecular flexibility index (Phi) is 5.72. The first-order valence-corrected chi connectivity index (χ1v) is 7.33. The molecule has 0 aliphatic heterocycles. The Bertz CT molecular complexity index is 728. The molecule has 0 unspecified atom stereocenters. The predicted molar refractivity (Wildman–Crippen MR) is 83.6 cm³/mol. The molecule has 1 aromatic carbocycles. The van der Waals surface area contributed by atoms with Gasteiger partial charge in [-0.25, -0.2) is 4.79 Å². The van der Waals surface area contributed by atoms with Crippen molar-refractivity contribution in [2.45, 2.75) is 13.8 Å². The summed E-state index contributed by atoms with van der Waals surface area (Å²) < 4.78 is 15.7. The van der Waals surface area contributed by atoms with Crippen molar-refractivity contribution in [3.8, 4) is 22.8 Å². The van der Waals surface area contributed by atoms with Crippen molar-refractivity contribution in [3.05, 3.63) is 23.9 Å². The second kappa shape index (κ2) is 7.95. The molecule has 1 heterocycles. The molecule has 3 N–H and O–H groups in total. The van der Waals surface area contributed by atoms with Crippen LogP contribution in [0.2, 0.25) is 0 Å². The van der Waals surface area contributed by atoms with E-state index in [0.717, 1.165) is 0 Å². The highest BCUT2D eigenvalue weighted by Crippen LogP contribution is 2.33. The zero-order valence-corrected chi connectivity index (χ0v) is 13.4. The number of benzene rings is 1. The van der Waals surface area contributed by atoms with Gasteiger partial charge < -0.3 is 19.9 Å². The van der Waals surface area contributed by atoms with Crippen LogP contribution in [0, 0.1) is 0 Å². The van der Waals surface area contributed by atoms with E-state index >= 15 is 0 Å². The first kappa shape index (κ1) is 17.3. The smallest absolute Gasteiger partial charge is 0.344 e. The number of carbonyl (C=O) groups excluding carboxylic acids is 2. The molecule has 2 aromatic rings. The van der Waals surface area contributed by atoms with E-state index in [-0.39, 0.29) is 18.9 Å². The number of hydrogen-bond acceptors (Lipinski definition) is 7. The Morgan fingerprint density at radius 3 is 2.58 bits per heavy atom. The molecule has 1 aromatic heterocycles. The fourth-order valence-corrected chi connectivity index (χ4v) is 1.99. The summed E-state index contributed by atoms with van der Waals surface area (Å²) in [4.78, 5) is 22.8. The van der Waals surface area contributed by atoms with Crippen LogP contribution in [0.25, 0.3) is 11.3 Å². The lowest BCUT2D eigenvalue weighted by Gasteiger charge is -2.12. The van der Waals surface area contributed by atoms with Gasteiger partial charge in [0.05, 0.1) is 13.2 Å². The van der Waals surface area contributed by atoms with E-state index in [1.165, 1.54) is 0 Å². The second-order valence-corrected chi connectivity index (χ2v) is 4.57. The van der Waals surface area contributed by atoms with Gasteiger partial charge in [0.25, 0.3) is 5.91 Å². The predicted octanol–water partition coefficient (Wildman–Crippen LogP) is 0.911. The van der Waals surface area contributed by atoms with Crippen LogP contribution < -0.4 is 15.2 Å². The number of hydrogen-bond donors (Lipinski definition) is 2. The summed E-state index contributed by atoms with van der Waals surface area (Å²) >= 11 is 0. The fraction of sp³-hybridized carbons (Fsp3) is 0.333. The first-order valence-electron chi connectivity index (χ1n) is 7.33. The third-order valence-electron chi connectivity index (χ3n) is 2.95. The number of ether oxygens (including phenoxy) is 3. The Morgan fingerprint density at radius 1 is 1.12 bits per heavy atom. The van der Waals surface area contributed by atoms with Crippen molar-refractivity contribution in [1.82, 2.24) is 15.4 Å². The molecule has 9 heteroatoms. The van der Waals surface area contributed by atoms with Crippen molar-refractivity contribution in [2.24, 2.45) is 5.73 Å². The van der Waals surface area contributed by atoms with Gasteiger partial charge >= 0.3 is 5.97 Å². The highest BCUT2D eigenvalue weighted by Gasteiger charge is 2.17. The van der Waals surface area contributed by atoms with Crippen LogP contribution in [0.4, 0.5) is 0 Å². The molecular weight excluding hydrogens is 316 g/mol. The van der Waals surface area contributed by atoms with Crippen molar-refractivity contribution < 1.29 is 23.8 Å². The van der Waals surface area contributed by atoms with Gasteiger partial charge in [0.15, 0.2) is 23.8 Å². The highest BCUT2D eigenvalue weighted by molar-refractivity contribution is 5.96. The number of nitrogens with zero attached hydrogens (tertiary/aromatic N) is 2. The van der Waals surface area contributed by atoms with Gasteiger partial charge in [0.1, 0.15) is 5.69 Å². The van der Waals surface area contributed by atoms with E-state index in [2.05, 4.69) is 15.4 Å². The van der Waals surface area contributed by atoms with E-state index < -0.39 is 11.9 Å². The van der Waals surface area contributed by atoms with Crippen LogP contribution in [-0.2, 0) is 9.53 Å². The number of H-pyrrole nitrogens is 1. The SMILES string of the molecule is CCOC(=O)COc1ccc(-c2n[nH]nc2C(N)=O)cc1OCC. The van der Waals surface area contributed by atoms with E-state index in [9.17, 15) is 9.59 Å². The molecule has 0 spiro atoms. The van der Waals surface area contributed by atoms with Gasteiger partial charge in [-0.3, -0.25) is 4.79 Å². The van der Waals surface area contributed by atoms with Crippen molar-refractivity contribution in [3.63, 3.8) is 0 Å². The first-order chi connectivity index (χ1) is 11.6. The number of primary amides is 1. The Labute approximate surface area is 138 Å². The normalized spacial score (nSPS) is 10.2. The van der Waals surface area contributed by atoms with Crippen molar-refractivity contribution >= 4 is 11.9 Å². The summed E-state index contributed by atoms with van der Waals surface area (Å²) in [7, 11) is 0. The summed E-state index contributed by atoms with van der Waals surface area (Å²) in [6, 6.07) is 4.90. The molecule has 0 saturated carbocycles. The van der Waals surface area contributed by atoms with E-state index in [1.807, 2.05) is 6.92 Å². The Hall–Kier alpha value is -3.10. The van der Waals surface area contributed by atoms with E-state index in [0.29, 0.717) is 29.4 Å². The molecule has 24 heavy (non-hydrogen) atoms. The number of nitrogens with two attached hydrogens (primary N) is 1. The summed E-state index contributed by atoms with van der Waals surface area (Å²) in [6.07, 6.45) is 0. The van der Waals surface area contributed by atoms with E-state index in [4.69, 9.17) is 19.9 Å². The molecule has 0 radical (unpaired) electrons. The van der Waals surface area contributed by atoms with Crippen LogP contribution in [0.15, 0.2) is 18.2 Å². The summed E-state index contributed by atoms with van der Waals surface area (Å²) in [5, 5.41) is 10.0. The lowest BCUT2D eigenvalue weighted by atomic mass is 10.1. The molecule has 0 fully saturated rings. The maximum atomic E-state index is 11.4. The standard InChI is InChI=1S/C15H18N4O5/c1-3-22-11-7-9(13-14(15(16)21)18-19-17-13)5-6-10(11)24-8-12(20)23-4-2/h5-7H,3-4,8H2,1-2H3,(H2,16,21)(H,17,18,19). The minimum atomic E-state index is -0.695. The molecule has 1 amide bonds. The zero-order valence-electron chi connectivity index (χ0n) is 13.4. The van der Waals surface area contributed by atoms with Gasteiger partial charge in [0.2, 0.25) is 0 Å². The molecule has 0 aliphatic carbocycles. The number of amides is 1. The lowest BCUT2D eigenvalue weighted by molar-refractivity contribution is -0.145. The minimum Gasteiger partial charge on any atom is -0.490 e. The highest BCUT2D eigenvalue weighted by atomic mass is 16.6. The zero-order chi connectivity index (χ0) is 17.5. The maximum Gasteiger partial charge on any atom is 0.344 e. The monoisotopic (exact) mass is 334 g/mol. The van der Waals surface area contributed by atoms with Crippen LogP contribution in [0.1, 0.15) is 24.3 Å². The summed E-state index contributed by atoms with van der Waals surface area (Å²) in [5.41, 5.74) is 6.17. The molecule has 9 nitrogen and oxygen atoms in total. The van der Waals surface area contributed by atoms with Crippen LogP contribution in [0.5, 0.6) is 11.5 Å². The third-order valence-corrected chi connectivity index (χ3v) is 2.95. The van der Waals surface area contributed by atoms with Crippen LogP contribution >= 0.6 is 0 Å². The molecule has 0 bridgehead atoms. The number of aromatic amines is 1. The van der Waals surface area contributed by atoms with Gasteiger partial charge in [-0.1, -0.05) is 0 Å². The third kappa shape index (κ3) is 4.00. The van der Waals surface area contributed by atoms with Crippen molar-refractivity contribution in [1.29, 1.82) is 0 Å². The lowest BCUT2D eigenvalue weighted by Crippen LogP contribution is -2.15. The Morgan fingerprint density at radius 2 is 1.92 bits per heavy atom. The number of rotatable bonds is 8. The van der Waals surface area contributed by atoms with Crippen LogP contribution in [-0.4, -0.2) is 47.1 Å². The van der Waals surface area contributed by atoms with Gasteiger partial charge in [-0.2, -0.15) is 15.4 Å². The fourth-order valence-electron chi connectivity index (χ4n) is 1.99. The molecule has 0 saturated heterocycles. The maximum absolute atomic E-state index is 11.4. The van der Waals surface area contributed by atoms with Gasteiger partial charge in [-0.15, -0.1) is 0 Å². The molecule has 0 aliphatic rings. The second-order valence-electron chi connectivity index (χ2n) is 4.57. The largest absolute Gasteiger partial charge is 0.490 e. The number of nitrogens with one attached hydrogen (secondary N) is 1. The molecular formula is C15H18N4O5. The molecule has 2 rings (SSSR count). The average Bonchev–Trinajstić information content (AvgIpc) is 3.04. The molecule has 0 atom stereocenters. The summed E-state index contributed by atoms with van der Waals surface area (Å²) in [6.45, 7) is 3.96. The van der Waals surface area contributed by atoms with Gasteiger partial charge in [0, 0.05) is 5.56 Å². The number of aromatic nitrogens is 3. The number of carbonyl (C=O) groups is 2. The average molecular weight is 334 g/mol. The topological polar surface area (TPSA) is 129 Å². The van der Waals surface area contributed by atoms with Crippen molar-refractivity contribution in [2.75, 3.05) is 19.8 Å². The Balaban J connectivity index is 2.27. The van der Waals surface area contributed by atoms with E-state index in [1.54, 1.807) is 25.1 Å².